The van der Waals surface area contributed by atoms with Gasteiger partial charge in [0.2, 0.25) is 0 Å². The molecule has 9 nitrogen and oxygen atoms in total. The lowest BCUT2D eigenvalue weighted by molar-refractivity contribution is 0.414. The molecule has 2 N–H and O–H groups in total. The van der Waals surface area contributed by atoms with Gasteiger partial charge in [-0.05, 0) is 17.7 Å². The molecule has 0 spiro atoms. The van der Waals surface area contributed by atoms with Crippen LogP contribution < -0.4 is 10.3 Å². The summed E-state index contributed by atoms with van der Waals surface area (Å²) in [5.74, 6) is 1.52. The van der Waals surface area contributed by atoms with Crippen molar-refractivity contribution in [2.24, 2.45) is 0 Å². The highest BCUT2D eigenvalue weighted by molar-refractivity contribution is 5.74. The lowest BCUT2D eigenvalue weighted by Crippen LogP contribution is -2.10. The summed E-state index contributed by atoms with van der Waals surface area (Å²) in [4.78, 5) is 23.2. The van der Waals surface area contributed by atoms with E-state index in [9.17, 15) is 4.79 Å². The van der Waals surface area contributed by atoms with Gasteiger partial charge >= 0.3 is 0 Å². The fourth-order valence-corrected chi connectivity index (χ4v) is 2.40. The minimum atomic E-state index is -0.320. The lowest BCUT2D eigenvalue weighted by Gasteiger charge is -2.03. The molecule has 3 aromatic heterocycles. The summed E-state index contributed by atoms with van der Waals surface area (Å²) >= 11 is 0. The molecule has 0 radical (unpaired) electrons. The molecule has 3 heterocycles. The molecule has 0 saturated carbocycles. The van der Waals surface area contributed by atoms with Gasteiger partial charge < -0.3 is 9.72 Å². The predicted octanol–water partition coefficient (Wildman–Crippen LogP) is 0.962. The second-order valence-corrected chi connectivity index (χ2v) is 5.16. The molecule has 0 saturated heterocycles. The average molecular weight is 323 g/mol. The normalized spacial score (nSPS) is 11.0. The van der Waals surface area contributed by atoms with Crippen LogP contribution in [-0.4, -0.2) is 42.0 Å². The van der Waals surface area contributed by atoms with Gasteiger partial charge in [0.25, 0.3) is 5.56 Å². The second kappa shape index (κ2) is 5.61. The van der Waals surface area contributed by atoms with Gasteiger partial charge in [-0.25, -0.2) is 9.97 Å². The van der Waals surface area contributed by atoms with E-state index in [1.807, 2.05) is 24.3 Å². The van der Waals surface area contributed by atoms with Crippen molar-refractivity contribution < 1.29 is 4.74 Å². The average Bonchev–Trinajstić information content (AvgIpc) is 3.25. The summed E-state index contributed by atoms with van der Waals surface area (Å²) < 4.78 is 6.82. The number of hydrogen-bond donors (Lipinski definition) is 2. The van der Waals surface area contributed by atoms with Crippen molar-refractivity contribution in [2.45, 2.75) is 6.54 Å². The fraction of sp³-hybridized carbons (Fsp3) is 0.133. The Morgan fingerprint density at radius 3 is 2.75 bits per heavy atom. The fourth-order valence-electron chi connectivity index (χ4n) is 2.40. The molecule has 24 heavy (non-hydrogen) atoms. The van der Waals surface area contributed by atoms with Gasteiger partial charge in [0.1, 0.15) is 17.6 Å². The van der Waals surface area contributed by atoms with E-state index in [0.29, 0.717) is 23.7 Å². The van der Waals surface area contributed by atoms with Crippen LogP contribution in [0.5, 0.6) is 5.75 Å². The molecule has 0 amide bonds. The Bertz CT molecular complexity index is 1030. The zero-order chi connectivity index (χ0) is 16.5. The van der Waals surface area contributed by atoms with E-state index in [1.165, 1.54) is 6.33 Å². The van der Waals surface area contributed by atoms with Crippen molar-refractivity contribution in [2.75, 3.05) is 7.11 Å². The van der Waals surface area contributed by atoms with Gasteiger partial charge in [-0.2, -0.15) is 10.2 Å². The molecular weight excluding hydrogens is 310 g/mol. The zero-order valence-electron chi connectivity index (χ0n) is 12.7. The van der Waals surface area contributed by atoms with Crippen LogP contribution in [0, 0.1) is 0 Å². The summed E-state index contributed by atoms with van der Waals surface area (Å²) in [6.07, 6.45) is 3.08. The van der Waals surface area contributed by atoms with Crippen LogP contribution in [0.15, 0.2) is 41.6 Å². The standard InChI is InChI=1S/C15H13N7O2/c1-24-10-4-2-9(3-5-10)6-22-7-11-12(21-22)15(23)19-14(18-11)13-16-8-17-20-13/h2-5,7-8H,6H2,1H3,(H,16,17,20)(H,18,19,23). The highest BCUT2D eigenvalue weighted by atomic mass is 16.5. The number of hydrogen-bond acceptors (Lipinski definition) is 6. The van der Waals surface area contributed by atoms with Gasteiger partial charge in [-0.1, -0.05) is 12.1 Å². The quantitative estimate of drug-likeness (QED) is 0.578. The zero-order valence-corrected chi connectivity index (χ0v) is 12.7. The van der Waals surface area contributed by atoms with Crippen molar-refractivity contribution in [3.05, 3.63) is 52.7 Å². The van der Waals surface area contributed by atoms with Gasteiger partial charge in [0.15, 0.2) is 17.2 Å². The minimum absolute atomic E-state index is 0.284. The number of nitrogens with zero attached hydrogens (tertiary/aromatic N) is 5. The van der Waals surface area contributed by atoms with Crippen LogP contribution in [0.3, 0.4) is 0 Å². The Hall–Kier alpha value is -3.49. The van der Waals surface area contributed by atoms with Crippen molar-refractivity contribution in [3.8, 4) is 17.4 Å². The van der Waals surface area contributed by atoms with E-state index in [0.717, 1.165) is 11.3 Å². The molecule has 9 heteroatoms. The van der Waals surface area contributed by atoms with E-state index >= 15 is 0 Å². The molecule has 0 fully saturated rings. The Morgan fingerprint density at radius 1 is 1.21 bits per heavy atom. The Kier molecular flexibility index (Phi) is 3.30. The van der Waals surface area contributed by atoms with Crippen LogP contribution in [-0.2, 0) is 6.54 Å². The number of ether oxygens (including phenoxy) is 1. The van der Waals surface area contributed by atoms with E-state index < -0.39 is 0 Å². The number of rotatable bonds is 4. The van der Waals surface area contributed by atoms with Crippen LogP contribution in [0.25, 0.3) is 22.7 Å². The highest BCUT2D eigenvalue weighted by Gasteiger charge is 2.11. The molecule has 0 atom stereocenters. The molecule has 0 aliphatic heterocycles. The number of H-pyrrole nitrogens is 2. The summed E-state index contributed by atoms with van der Waals surface area (Å²) in [7, 11) is 1.62. The third kappa shape index (κ3) is 2.51. The summed E-state index contributed by atoms with van der Waals surface area (Å²) in [6.45, 7) is 0.525. The first-order valence-corrected chi connectivity index (χ1v) is 7.19. The number of nitrogens with one attached hydrogen (secondary N) is 2. The maximum Gasteiger partial charge on any atom is 0.279 e. The molecule has 1 aromatic carbocycles. The molecule has 4 rings (SSSR count). The molecule has 0 bridgehead atoms. The van der Waals surface area contributed by atoms with Gasteiger partial charge in [-0.15, -0.1) is 0 Å². The van der Waals surface area contributed by atoms with Crippen molar-refractivity contribution in [1.82, 2.24) is 34.9 Å². The number of aromatic amines is 2. The number of benzene rings is 1. The van der Waals surface area contributed by atoms with Crippen molar-refractivity contribution in [1.29, 1.82) is 0 Å². The maximum absolute atomic E-state index is 12.2. The second-order valence-electron chi connectivity index (χ2n) is 5.16. The van der Waals surface area contributed by atoms with Gasteiger partial charge in [-0.3, -0.25) is 14.6 Å². The molecule has 120 valence electrons. The van der Waals surface area contributed by atoms with Crippen molar-refractivity contribution >= 4 is 11.0 Å². The van der Waals surface area contributed by atoms with Crippen molar-refractivity contribution in [3.63, 3.8) is 0 Å². The van der Waals surface area contributed by atoms with Crippen LogP contribution in [0.4, 0.5) is 0 Å². The van der Waals surface area contributed by atoms with Crippen LogP contribution in [0.1, 0.15) is 5.56 Å². The summed E-state index contributed by atoms with van der Waals surface area (Å²) in [6, 6.07) is 7.66. The first kappa shape index (κ1) is 14.1. The molecule has 0 unspecified atom stereocenters. The SMILES string of the molecule is COc1ccc(Cn2cc3nc(-c4ncn[nH]4)[nH]c(=O)c3n2)cc1. The predicted molar refractivity (Wildman–Crippen MR) is 85.6 cm³/mol. The highest BCUT2D eigenvalue weighted by Crippen LogP contribution is 2.14. The Balaban J connectivity index is 1.69. The molecule has 0 aliphatic carbocycles. The largest absolute Gasteiger partial charge is 0.497 e. The molecule has 0 aliphatic rings. The lowest BCUT2D eigenvalue weighted by atomic mass is 10.2. The number of aromatic nitrogens is 7. The number of fused-ring (bicyclic) bond motifs is 1. The minimum Gasteiger partial charge on any atom is -0.497 e. The molecule has 4 aromatic rings. The van der Waals surface area contributed by atoms with Crippen LogP contribution >= 0.6 is 0 Å². The van der Waals surface area contributed by atoms with Gasteiger partial charge in [0.05, 0.1) is 19.9 Å². The van der Waals surface area contributed by atoms with E-state index in [1.54, 1.807) is 18.0 Å². The Labute approximate surface area is 135 Å². The monoisotopic (exact) mass is 323 g/mol. The third-order valence-electron chi connectivity index (χ3n) is 3.56. The van der Waals surface area contributed by atoms with E-state index in [2.05, 4.69) is 30.2 Å². The Morgan fingerprint density at radius 2 is 2.04 bits per heavy atom. The van der Waals surface area contributed by atoms with Crippen LogP contribution in [0.2, 0.25) is 0 Å². The van der Waals surface area contributed by atoms with E-state index in [-0.39, 0.29) is 11.1 Å². The first-order valence-electron chi connectivity index (χ1n) is 7.19. The molecular formula is C15H13N7O2. The first-order chi connectivity index (χ1) is 11.7. The van der Waals surface area contributed by atoms with Gasteiger partial charge in [0, 0.05) is 0 Å². The summed E-state index contributed by atoms with van der Waals surface area (Å²) in [5.41, 5.74) is 1.50. The third-order valence-corrected chi connectivity index (χ3v) is 3.56. The summed E-state index contributed by atoms with van der Waals surface area (Å²) in [5, 5.41) is 10.7. The topological polar surface area (TPSA) is 114 Å². The number of methoxy groups -OCH3 is 1. The maximum atomic E-state index is 12.2. The smallest absolute Gasteiger partial charge is 0.279 e. The van der Waals surface area contributed by atoms with E-state index in [4.69, 9.17) is 4.74 Å².